The van der Waals surface area contributed by atoms with Crippen LogP contribution in [0.1, 0.15) is 0 Å². The fraction of sp³-hybridized carbons (Fsp3) is 0.333. The van der Waals surface area contributed by atoms with Crippen LogP contribution in [-0.4, -0.2) is 33.8 Å². The molecule has 0 aliphatic heterocycles. The summed E-state index contributed by atoms with van der Waals surface area (Å²) in [6.45, 7) is 0.465. The van der Waals surface area contributed by atoms with Crippen molar-refractivity contribution < 1.29 is 18.3 Å². The zero-order valence-electron chi connectivity index (χ0n) is 8.80. The van der Waals surface area contributed by atoms with E-state index in [2.05, 4.69) is 4.72 Å². The molecule has 0 fully saturated rings. The lowest BCUT2D eigenvalue weighted by Crippen LogP contribution is -2.27. The minimum absolute atomic E-state index is 0.0129. The standard InChI is InChI=1S/C9H14N2O4S/c1-15-5-4-11-16(13,14)7-2-3-9(12)8(10)6-7/h2-3,6,11-12H,4-5,10H2,1H3. The van der Waals surface area contributed by atoms with Crippen molar-refractivity contribution in [1.82, 2.24) is 4.72 Å². The van der Waals surface area contributed by atoms with Crippen LogP contribution >= 0.6 is 0 Å². The summed E-state index contributed by atoms with van der Waals surface area (Å²) in [6, 6.07) is 3.71. The van der Waals surface area contributed by atoms with Gasteiger partial charge in [0.15, 0.2) is 0 Å². The molecule has 0 aliphatic rings. The quantitative estimate of drug-likeness (QED) is 0.382. The summed E-state index contributed by atoms with van der Waals surface area (Å²) in [6.07, 6.45) is 0. The number of methoxy groups -OCH3 is 1. The Morgan fingerprint density at radius 2 is 2.19 bits per heavy atom. The lowest BCUT2D eigenvalue weighted by molar-refractivity contribution is 0.204. The first kappa shape index (κ1) is 12.8. The van der Waals surface area contributed by atoms with E-state index >= 15 is 0 Å². The van der Waals surface area contributed by atoms with Gasteiger partial charge in [-0.25, -0.2) is 13.1 Å². The number of aromatic hydroxyl groups is 1. The average Bonchev–Trinajstić information content (AvgIpc) is 2.22. The first-order valence-electron chi connectivity index (χ1n) is 4.54. The summed E-state index contributed by atoms with van der Waals surface area (Å²) < 4.78 is 30.4. The molecule has 6 nitrogen and oxygen atoms in total. The van der Waals surface area contributed by atoms with Gasteiger partial charge in [-0.2, -0.15) is 0 Å². The molecule has 0 atom stereocenters. The van der Waals surface area contributed by atoms with E-state index in [1.165, 1.54) is 25.3 Å². The monoisotopic (exact) mass is 246 g/mol. The van der Waals surface area contributed by atoms with Crippen LogP contribution in [0.2, 0.25) is 0 Å². The van der Waals surface area contributed by atoms with E-state index in [0.29, 0.717) is 0 Å². The third-order valence-corrected chi connectivity index (χ3v) is 3.37. The lowest BCUT2D eigenvalue weighted by atomic mass is 10.3. The fourth-order valence-electron chi connectivity index (χ4n) is 1.06. The normalized spacial score (nSPS) is 11.6. The third-order valence-electron chi connectivity index (χ3n) is 1.91. The predicted octanol–water partition coefficient (Wildman–Crippen LogP) is -0.101. The maximum Gasteiger partial charge on any atom is 0.240 e. The molecule has 0 spiro atoms. The van der Waals surface area contributed by atoms with Gasteiger partial charge in [-0.05, 0) is 18.2 Å². The van der Waals surface area contributed by atoms with Crippen molar-refractivity contribution in [3.8, 4) is 5.75 Å². The number of phenols is 1. The van der Waals surface area contributed by atoms with Crippen LogP contribution in [0.15, 0.2) is 23.1 Å². The van der Waals surface area contributed by atoms with Crippen molar-refractivity contribution in [3.63, 3.8) is 0 Å². The molecule has 0 bridgehead atoms. The van der Waals surface area contributed by atoms with Crippen molar-refractivity contribution in [1.29, 1.82) is 0 Å². The van der Waals surface area contributed by atoms with Crippen LogP contribution in [0.5, 0.6) is 5.75 Å². The summed E-state index contributed by atoms with van der Waals surface area (Å²) in [5, 5.41) is 9.16. The molecule has 0 radical (unpaired) electrons. The maximum atomic E-state index is 11.7. The molecule has 0 aliphatic carbocycles. The molecule has 16 heavy (non-hydrogen) atoms. The van der Waals surface area contributed by atoms with Gasteiger partial charge in [0.25, 0.3) is 0 Å². The molecule has 0 heterocycles. The molecule has 4 N–H and O–H groups in total. The largest absolute Gasteiger partial charge is 0.506 e. The Morgan fingerprint density at radius 1 is 1.50 bits per heavy atom. The summed E-state index contributed by atoms with van der Waals surface area (Å²) in [5.41, 5.74) is 5.43. The molecule has 90 valence electrons. The Morgan fingerprint density at radius 3 is 2.75 bits per heavy atom. The van der Waals surface area contributed by atoms with Gasteiger partial charge in [0.2, 0.25) is 10.0 Å². The maximum absolute atomic E-state index is 11.7. The number of anilines is 1. The number of hydrogen-bond acceptors (Lipinski definition) is 5. The molecule has 0 saturated heterocycles. The summed E-state index contributed by atoms with van der Waals surface area (Å²) >= 11 is 0. The fourth-order valence-corrected chi connectivity index (χ4v) is 2.11. The number of ether oxygens (including phenoxy) is 1. The highest BCUT2D eigenvalue weighted by molar-refractivity contribution is 7.89. The Labute approximate surface area is 94.1 Å². The van der Waals surface area contributed by atoms with E-state index in [-0.39, 0.29) is 29.5 Å². The molecule has 7 heteroatoms. The number of rotatable bonds is 5. The van der Waals surface area contributed by atoms with Crippen LogP contribution in [0.25, 0.3) is 0 Å². The third kappa shape index (κ3) is 3.09. The van der Waals surface area contributed by atoms with Gasteiger partial charge in [0, 0.05) is 13.7 Å². The van der Waals surface area contributed by atoms with Gasteiger partial charge in [0.05, 0.1) is 17.2 Å². The van der Waals surface area contributed by atoms with Gasteiger partial charge in [-0.1, -0.05) is 0 Å². The van der Waals surface area contributed by atoms with E-state index in [1.54, 1.807) is 0 Å². The molecule has 0 aromatic heterocycles. The van der Waals surface area contributed by atoms with E-state index in [1.807, 2.05) is 0 Å². The van der Waals surface area contributed by atoms with E-state index in [4.69, 9.17) is 15.6 Å². The van der Waals surface area contributed by atoms with E-state index < -0.39 is 10.0 Å². The summed E-state index contributed by atoms with van der Waals surface area (Å²) in [4.78, 5) is 0.0129. The van der Waals surface area contributed by atoms with Crippen molar-refractivity contribution >= 4 is 15.7 Å². The van der Waals surface area contributed by atoms with E-state index in [0.717, 1.165) is 0 Å². The highest BCUT2D eigenvalue weighted by Crippen LogP contribution is 2.22. The van der Waals surface area contributed by atoms with Crippen LogP contribution in [0.3, 0.4) is 0 Å². The van der Waals surface area contributed by atoms with E-state index in [9.17, 15) is 8.42 Å². The second-order valence-corrected chi connectivity index (χ2v) is 4.88. The molecule has 1 rings (SSSR count). The lowest BCUT2D eigenvalue weighted by Gasteiger charge is -2.07. The van der Waals surface area contributed by atoms with Crippen LogP contribution in [0, 0.1) is 0 Å². The number of nitrogens with two attached hydrogens (primary N) is 1. The highest BCUT2D eigenvalue weighted by Gasteiger charge is 2.14. The highest BCUT2D eigenvalue weighted by atomic mass is 32.2. The number of nitrogen functional groups attached to an aromatic ring is 1. The minimum Gasteiger partial charge on any atom is -0.506 e. The Balaban J connectivity index is 2.86. The molecular weight excluding hydrogens is 232 g/mol. The van der Waals surface area contributed by atoms with Crippen LogP contribution in [-0.2, 0) is 14.8 Å². The average molecular weight is 246 g/mol. The van der Waals surface area contributed by atoms with Crippen molar-refractivity contribution in [2.45, 2.75) is 4.90 Å². The number of benzene rings is 1. The summed E-state index contributed by atoms with van der Waals surface area (Å²) in [7, 11) is -2.11. The molecule has 1 aromatic rings. The smallest absolute Gasteiger partial charge is 0.240 e. The zero-order chi connectivity index (χ0) is 12.2. The molecule has 0 unspecified atom stereocenters. The second kappa shape index (κ2) is 5.15. The molecule has 0 amide bonds. The number of nitrogens with one attached hydrogen (secondary N) is 1. The van der Waals surface area contributed by atoms with Gasteiger partial charge >= 0.3 is 0 Å². The Hall–Kier alpha value is -1.31. The van der Waals surface area contributed by atoms with Crippen molar-refractivity contribution in [2.24, 2.45) is 0 Å². The molecule has 1 aromatic carbocycles. The Bertz CT molecular complexity index is 459. The first-order valence-corrected chi connectivity index (χ1v) is 6.03. The second-order valence-electron chi connectivity index (χ2n) is 3.11. The van der Waals surface area contributed by atoms with Gasteiger partial charge < -0.3 is 15.6 Å². The van der Waals surface area contributed by atoms with Crippen molar-refractivity contribution in [3.05, 3.63) is 18.2 Å². The number of hydrogen-bond donors (Lipinski definition) is 3. The van der Waals surface area contributed by atoms with Crippen molar-refractivity contribution in [2.75, 3.05) is 26.0 Å². The topological polar surface area (TPSA) is 102 Å². The van der Waals surface area contributed by atoms with Crippen LogP contribution < -0.4 is 10.5 Å². The Kier molecular flexibility index (Phi) is 4.11. The van der Waals surface area contributed by atoms with Gasteiger partial charge in [-0.3, -0.25) is 0 Å². The summed E-state index contributed by atoms with van der Waals surface area (Å²) in [5.74, 6) is -0.143. The zero-order valence-corrected chi connectivity index (χ0v) is 9.62. The minimum atomic E-state index is -3.59. The van der Waals surface area contributed by atoms with Gasteiger partial charge in [0.1, 0.15) is 5.75 Å². The van der Waals surface area contributed by atoms with Gasteiger partial charge in [-0.15, -0.1) is 0 Å². The predicted molar refractivity (Wildman–Crippen MR) is 59.6 cm³/mol. The number of sulfonamides is 1. The SMILES string of the molecule is COCCNS(=O)(=O)c1ccc(O)c(N)c1. The number of phenolic OH excluding ortho intramolecular Hbond substituents is 1. The molecular formula is C9H14N2O4S. The first-order chi connectivity index (χ1) is 7.47. The molecule has 0 saturated carbocycles. The van der Waals surface area contributed by atoms with Crippen LogP contribution in [0.4, 0.5) is 5.69 Å².